The molecule has 1 atom stereocenters. The van der Waals surface area contributed by atoms with Gasteiger partial charge in [0.15, 0.2) is 0 Å². The van der Waals surface area contributed by atoms with Gasteiger partial charge in [-0.15, -0.1) is 12.4 Å². The Morgan fingerprint density at radius 2 is 2.08 bits per heavy atom. The van der Waals surface area contributed by atoms with Gasteiger partial charge in [-0.25, -0.2) is 0 Å². The Labute approximate surface area is 82.3 Å². The molecule has 2 N–H and O–H groups in total. The van der Waals surface area contributed by atoms with E-state index < -0.39 is 0 Å². The van der Waals surface area contributed by atoms with Crippen LogP contribution in [-0.2, 0) is 4.79 Å². The first kappa shape index (κ1) is 10.0. The highest BCUT2D eigenvalue weighted by Crippen LogP contribution is 2.30. The van der Waals surface area contributed by atoms with E-state index >= 15 is 0 Å². The van der Waals surface area contributed by atoms with Crippen molar-refractivity contribution in [1.29, 1.82) is 0 Å². The third kappa shape index (κ3) is 1.82. The van der Waals surface area contributed by atoms with Crippen LogP contribution in [0, 0.1) is 0 Å². The van der Waals surface area contributed by atoms with Crippen LogP contribution in [0.5, 0.6) is 5.75 Å². The zero-order valence-corrected chi connectivity index (χ0v) is 7.71. The molecule has 1 aromatic rings. The first-order chi connectivity index (χ1) is 5.77. The Morgan fingerprint density at radius 1 is 1.38 bits per heavy atom. The Kier molecular flexibility index (Phi) is 2.90. The van der Waals surface area contributed by atoms with Crippen LogP contribution in [0.2, 0.25) is 0 Å². The number of hydrogen-bond acceptors (Lipinski definition) is 3. The first-order valence-corrected chi connectivity index (χ1v) is 3.82. The van der Waals surface area contributed by atoms with Gasteiger partial charge in [0, 0.05) is 11.6 Å². The summed E-state index contributed by atoms with van der Waals surface area (Å²) in [5.74, 6) is 0.349. The number of hydrogen-bond donors (Lipinski definition) is 1. The van der Waals surface area contributed by atoms with Gasteiger partial charge in [-0.1, -0.05) is 18.2 Å². The molecule has 0 fully saturated rings. The fourth-order valence-electron chi connectivity index (χ4n) is 1.33. The van der Waals surface area contributed by atoms with E-state index in [9.17, 15) is 4.79 Å². The second kappa shape index (κ2) is 3.77. The third-order valence-corrected chi connectivity index (χ3v) is 1.93. The molecule has 4 heteroatoms. The lowest BCUT2D eigenvalue weighted by Crippen LogP contribution is -2.24. The lowest BCUT2D eigenvalue weighted by atomic mass is 10.0. The fraction of sp³-hybridized carbons (Fsp3) is 0.222. The van der Waals surface area contributed by atoms with E-state index in [0.717, 1.165) is 5.56 Å². The third-order valence-electron chi connectivity index (χ3n) is 1.93. The highest BCUT2D eigenvalue weighted by molar-refractivity contribution is 5.85. The number of ether oxygens (including phenoxy) is 1. The first-order valence-electron chi connectivity index (χ1n) is 3.82. The minimum atomic E-state index is -0.249. The summed E-state index contributed by atoms with van der Waals surface area (Å²) in [6.45, 7) is 0. The van der Waals surface area contributed by atoms with E-state index in [1.807, 2.05) is 18.2 Å². The molecule has 1 heterocycles. The number of para-hydroxylation sites is 1. The molecule has 0 aliphatic carbocycles. The molecule has 1 aromatic carbocycles. The molecule has 1 aliphatic heterocycles. The van der Waals surface area contributed by atoms with Crippen molar-refractivity contribution in [3.63, 3.8) is 0 Å². The number of benzene rings is 1. The molecule has 0 saturated carbocycles. The molecule has 0 bridgehead atoms. The summed E-state index contributed by atoms with van der Waals surface area (Å²) in [6, 6.07) is 7.14. The predicted octanol–water partition coefficient (Wildman–Crippen LogP) is 1.42. The quantitative estimate of drug-likeness (QED) is 0.508. The summed E-state index contributed by atoms with van der Waals surface area (Å²) >= 11 is 0. The van der Waals surface area contributed by atoms with Crippen molar-refractivity contribution in [3.8, 4) is 5.75 Å². The lowest BCUT2D eigenvalue weighted by molar-refractivity contribution is -0.135. The molecule has 0 amide bonds. The molecular weight excluding hydrogens is 190 g/mol. The van der Waals surface area contributed by atoms with Crippen LogP contribution >= 0.6 is 12.4 Å². The van der Waals surface area contributed by atoms with Gasteiger partial charge in [-0.2, -0.15) is 0 Å². The van der Waals surface area contributed by atoms with E-state index in [1.165, 1.54) is 0 Å². The average molecular weight is 200 g/mol. The van der Waals surface area contributed by atoms with E-state index in [2.05, 4.69) is 0 Å². The summed E-state index contributed by atoms with van der Waals surface area (Å²) < 4.78 is 4.98. The maximum absolute atomic E-state index is 10.9. The molecule has 70 valence electrons. The van der Waals surface area contributed by atoms with Crippen LogP contribution in [0.25, 0.3) is 0 Å². The van der Waals surface area contributed by atoms with Gasteiger partial charge in [-0.05, 0) is 6.07 Å². The van der Waals surface area contributed by atoms with Gasteiger partial charge in [0.1, 0.15) is 5.75 Å². The highest BCUT2D eigenvalue weighted by atomic mass is 35.5. The van der Waals surface area contributed by atoms with Gasteiger partial charge >= 0.3 is 5.97 Å². The lowest BCUT2D eigenvalue weighted by Gasteiger charge is -2.20. The van der Waals surface area contributed by atoms with Crippen LogP contribution in [0.3, 0.4) is 0 Å². The molecule has 0 aromatic heterocycles. The number of rotatable bonds is 0. The molecular formula is C9H10ClNO2. The minimum Gasteiger partial charge on any atom is -0.426 e. The maximum atomic E-state index is 10.9. The number of carbonyl (C=O) groups excluding carboxylic acids is 1. The summed E-state index contributed by atoms with van der Waals surface area (Å²) in [5, 5.41) is 0. The van der Waals surface area contributed by atoms with E-state index in [4.69, 9.17) is 10.5 Å². The summed E-state index contributed by atoms with van der Waals surface area (Å²) in [6.07, 6.45) is 0.275. The van der Waals surface area contributed by atoms with Gasteiger partial charge in [0.2, 0.25) is 0 Å². The minimum absolute atomic E-state index is 0. The SMILES string of the molecule is Cl.N[C@H]1CC(=O)Oc2ccccc21. The Bertz CT molecular complexity index is 327. The largest absolute Gasteiger partial charge is 0.426 e. The van der Waals surface area contributed by atoms with Crippen molar-refractivity contribution in [1.82, 2.24) is 0 Å². The van der Waals surface area contributed by atoms with Gasteiger partial charge in [0.05, 0.1) is 6.42 Å². The van der Waals surface area contributed by atoms with Crippen molar-refractivity contribution < 1.29 is 9.53 Å². The molecule has 0 spiro atoms. The maximum Gasteiger partial charge on any atom is 0.313 e. The number of carbonyl (C=O) groups is 1. The zero-order valence-electron chi connectivity index (χ0n) is 6.90. The average Bonchev–Trinajstić information content (AvgIpc) is 2.04. The normalized spacial score (nSPS) is 19.8. The molecule has 1 aliphatic rings. The second-order valence-corrected chi connectivity index (χ2v) is 2.82. The molecule has 2 rings (SSSR count). The monoisotopic (exact) mass is 199 g/mol. The van der Waals surface area contributed by atoms with Gasteiger partial charge in [0.25, 0.3) is 0 Å². The molecule has 0 saturated heterocycles. The predicted molar refractivity (Wildman–Crippen MR) is 50.9 cm³/mol. The Balaban J connectivity index is 0.000000845. The zero-order chi connectivity index (χ0) is 8.55. The Morgan fingerprint density at radius 3 is 2.85 bits per heavy atom. The standard InChI is InChI=1S/C9H9NO2.ClH/c10-7-5-9(11)12-8-4-2-1-3-6(7)8;/h1-4,7H,5,10H2;1H/t7-;/m0./s1. The topological polar surface area (TPSA) is 52.3 Å². The van der Waals surface area contributed by atoms with Crippen LogP contribution in [0.15, 0.2) is 24.3 Å². The highest BCUT2D eigenvalue weighted by Gasteiger charge is 2.22. The van der Waals surface area contributed by atoms with Crippen molar-refractivity contribution >= 4 is 18.4 Å². The van der Waals surface area contributed by atoms with Crippen LogP contribution in [0.1, 0.15) is 18.0 Å². The van der Waals surface area contributed by atoms with Crippen molar-refractivity contribution in [3.05, 3.63) is 29.8 Å². The Hall–Kier alpha value is -1.06. The smallest absolute Gasteiger partial charge is 0.313 e. The molecule has 0 unspecified atom stereocenters. The van der Waals surface area contributed by atoms with Gasteiger partial charge in [-0.3, -0.25) is 4.79 Å². The van der Waals surface area contributed by atoms with Crippen molar-refractivity contribution in [2.24, 2.45) is 5.73 Å². The van der Waals surface area contributed by atoms with Gasteiger partial charge < -0.3 is 10.5 Å². The van der Waals surface area contributed by atoms with E-state index in [-0.39, 0.29) is 30.8 Å². The molecule has 3 nitrogen and oxygen atoms in total. The van der Waals surface area contributed by atoms with E-state index in [0.29, 0.717) is 5.75 Å². The molecule has 13 heavy (non-hydrogen) atoms. The summed E-state index contributed by atoms with van der Waals surface area (Å²) in [4.78, 5) is 10.9. The summed E-state index contributed by atoms with van der Waals surface area (Å²) in [5.41, 5.74) is 6.65. The second-order valence-electron chi connectivity index (χ2n) is 2.82. The number of nitrogens with two attached hydrogens (primary N) is 1. The van der Waals surface area contributed by atoms with Crippen LogP contribution < -0.4 is 10.5 Å². The number of esters is 1. The van der Waals surface area contributed by atoms with E-state index in [1.54, 1.807) is 6.07 Å². The number of fused-ring (bicyclic) bond motifs is 1. The summed E-state index contributed by atoms with van der Waals surface area (Å²) in [7, 11) is 0. The number of halogens is 1. The van der Waals surface area contributed by atoms with Crippen molar-refractivity contribution in [2.75, 3.05) is 0 Å². The molecule has 0 radical (unpaired) electrons. The van der Waals surface area contributed by atoms with Crippen molar-refractivity contribution in [2.45, 2.75) is 12.5 Å². The fourth-order valence-corrected chi connectivity index (χ4v) is 1.33. The van der Waals surface area contributed by atoms with Crippen LogP contribution in [0.4, 0.5) is 0 Å². The van der Waals surface area contributed by atoms with Crippen LogP contribution in [-0.4, -0.2) is 5.97 Å².